The first-order chi connectivity index (χ1) is 8.26. The lowest BCUT2D eigenvalue weighted by molar-refractivity contribution is 0.477. The molecule has 1 aromatic carbocycles. The Morgan fingerprint density at radius 1 is 1.29 bits per heavy atom. The second-order valence-corrected chi connectivity index (χ2v) is 5.64. The van der Waals surface area contributed by atoms with Crippen LogP contribution in [0.4, 0.5) is 0 Å². The fraction of sp³-hybridized carbons (Fsp3) is 0.600. The molecule has 1 aromatic rings. The van der Waals surface area contributed by atoms with Gasteiger partial charge in [0, 0.05) is 10.9 Å². The molecule has 1 unspecified atom stereocenters. The van der Waals surface area contributed by atoms with E-state index in [1.54, 1.807) is 0 Å². The van der Waals surface area contributed by atoms with Crippen molar-refractivity contribution >= 4 is 11.8 Å². The predicted octanol–water partition coefficient (Wildman–Crippen LogP) is 4.26. The van der Waals surface area contributed by atoms with Gasteiger partial charge in [0.05, 0.1) is 0 Å². The molecule has 0 aromatic heterocycles. The van der Waals surface area contributed by atoms with Crippen molar-refractivity contribution < 1.29 is 0 Å². The minimum absolute atomic E-state index is 0.707. The highest BCUT2D eigenvalue weighted by molar-refractivity contribution is 7.99. The highest BCUT2D eigenvalue weighted by Crippen LogP contribution is 2.20. The van der Waals surface area contributed by atoms with Gasteiger partial charge in [0.25, 0.3) is 0 Å². The SMILES string of the molecule is CCNC(CC)CCCSc1cccc(C)c1. The molecule has 0 fully saturated rings. The van der Waals surface area contributed by atoms with Crippen LogP contribution in [0.5, 0.6) is 0 Å². The van der Waals surface area contributed by atoms with E-state index >= 15 is 0 Å². The zero-order chi connectivity index (χ0) is 12.5. The quantitative estimate of drug-likeness (QED) is 0.547. The lowest BCUT2D eigenvalue weighted by atomic mass is 10.1. The molecule has 0 amide bonds. The number of aryl methyl sites for hydroxylation is 1. The summed E-state index contributed by atoms with van der Waals surface area (Å²) in [5.74, 6) is 1.23. The molecular formula is C15H25NS. The first-order valence-electron chi connectivity index (χ1n) is 6.69. The van der Waals surface area contributed by atoms with Crippen molar-refractivity contribution in [3.05, 3.63) is 29.8 Å². The number of thioether (sulfide) groups is 1. The molecule has 1 nitrogen and oxygen atoms in total. The molecule has 0 aliphatic carbocycles. The maximum atomic E-state index is 3.53. The van der Waals surface area contributed by atoms with Crippen LogP contribution in [0.1, 0.15) is 38.7 Å². The predicted molar refractivity (Wildman–Crippen MR) is 78.9 cm³/mol. The van der Waals surface area contributed by atoms with E-state index in [0.717, 1.165) is 6.54 Å². The molecule has 0 aliphatic heterocycles. The molecule has 17 heavy (non-hydrogen) atoms. The van der Waals surface area contributed by atoms with Crippen LogP contribution in [-0.2, 0) is 0 Å². The van der Waals surface area contributed by atoms with Crippen LogP contribution < -0.4 is 5.32 Å². The van der Waals surface area contributed by atoms with E-state index in [1.807, 2.05) is 11.8 Å². The Hall–Kier alpha value is -0.470. The molecule has 0 spiro atoms. The molecule has 0 saturated heterocycles. The van der Waals surface area contributed by atoms with Crippen molar-refractivity contribution in [2.75, 3.05) is 12.3 Å². The van der Waals surface area contributed by atoms with Gasteiger partial charge in [-0.05, 0) is 50.6 Å². The van der Waals surface area contributed by atoms with Crippen molar-refractivity contribution in [2.45, 2.75) is 51.0 Å². The summed E-state index contributed by atoms with van der Waals surface area (Å²) in [4.78, 5) is 1.40. The van der Waals surface area contributed by atoms with Gasteiger partial charge in [-0.25, -0.2) is 0 Å². The van der Waals surface area contributed by atoms with Crippen LogP contribution in [0.3, 0.4) is 0 Å². The summed E-state index contributed by atoms with van der Waals surface area (Å²) in [6.45, 7) is 7.69. The summed E-state index contributed by atoms with van der Waals surface area (Å²) >= 11 is 1.98. The molecule has 1 atom stereocenters. The Kier molecular flexibility index (Phi) is 7.38. The molecule has 0 aliphatic rings. The van der Waals surface area contributed by atoms with E-state index in [9.17, 15) is 0 Å². The smallest absolute Gasteiger partial charge is 0.00745 e. The third kappa shape index (κ3) is 6.13. The minimum Gasteiger partial charge on any atom is -0.314 e. The third-order valence-electron chi connectivity index (χ3n) is 2.94. The zero-order valence-corrected chi connectivity index (χ0v) is 12.1. The first-order valence-corrected chi connectivity index (χ1v) is 7.67. The van der Waals surface area contributed by atoms with Crippen LogP contribution in [0, 0.1) is 6.92 Å². The van der Waals surface area contributed by atoms with Gasteiger partial charge < -0.3 is 5.32 Å². The van der Waals surface area contributed by atoms with E-state index in [1.165, 1.54) is 35.5 Å². The number of benzene rings is 1. The lowest BCUT2D eigenvalue weighted by Crippen LogP contribution is -2.28. The lowest BCUT2D eigenvalue weighted by Gasteiger charge is -2.15. The molecular weight excluding hydrogens is 226 g/mol. The van der Waals surface area contributed by atoms with Gasteiger partial charge in [0.2, 0.25) is 0 Å². The van der Waals surface area contributed by atoms with E-state index < -0.39 is 0 Å². The topological polar surface area (TPSA) is 12.0 Å². The van der Waals surface area contributed by atoms with Gasteiger partial charge in [-0.1, -0.05) is 31.5 Å². The van der Waals surface area contributed by atoms with E-state index in [0.29, 0.717) is 6.04 Å². The zero-order valence-electron chi connectivity index (χ0n) is 11.3. The minimum atomic E-state index is 0.707. The summed E-state index contributed by atoms with van der Waals surface area (Å²) in [5, 5.41) is 3.53. The maximum absolute atomic E-state index is 3.53. The average molecular weight is 251 g/mol. The highest BCUT2D eigenvalue weighted by atomic mass is 32.2. The van der Waals surface area contributed by atoms with Gasteiger partial charge in [-0.2, -0.15) is 0 Å². The number of rotatable bonds is 8. The van der Waals surface area contributed by atoms with Crippen molar-refractivity contribution in [1.29, 1.82) is 0 Å². The summed E-state index contributed by atoms with van der Waals surface area (Å²) in [6.07, 6.45) is 3.83. The maximum Gasteiger partial charge on any atom is 0.00745 e. The van der Waals surface area contributed by atoms with Crippen LogP contribution in [-0.4, -0.2) is 18.3 Å². The van der Waals surface area contributed by atoms with Crippen molar-refractivity contribution in [3.63, 3.8) is 0 Å². The van der Waals surface area contributed by atoms with Gasteiger partial charge >= 0.3 is 0 Å². The second-order valence-electron chi connectivity index (χ2n) is 4.47. The normalized spacial score (nSPS) is 12.6. The number of nitrogens with one attached hydrogen (secondary N) is 1. The molecule has 2 heteroatoms. The van der Waals surface area contributed by atoms with Gasteiger partial charge in [0.1, 0.15) is 0 Å². The molecule has 0 saturated carbocycles. The van der Waals surface area contributed by atoms with E-state index in [-0.39, 0.29) is 0 Å². The fourth-order valence-electron chi connectivity index (χ4n) is 1.96. The van der Waals surface area contributed by atoms with Crippen molar-refractivity contribution in [1.82, 2.24) is 5.32 Å². The molecule has 96 valence electrons. The molecule has 1 rings (SSSR count). The van der Waals surface area contributed by atoms with Crippen LogP contribution in [0.15, 0.2) is 29.2 Å². The Labute approximate surface area is 110 Å². The summed E-state index contributed by atoms with van der Waals surface area (Å²) in [5.41, 5.74) is 1.36. The Morgan fingerprint density at radius 3 is 2.76 bits per heavy atom. The highest BCUT2D eigenvalue weighted by Gasteiger charge is 2.03. The van der Waals surface area contributed by atoms with Crippen LogP contribution in [0.2, 0.25) is 0 Å². The first kappa shape index (κ1) is 14.6. The summed E-state index contributed by atoms with van der Waals surface area (Å²) in [7, 11) is 0. The van der Waals surface area contributed by atoms with Gasteiger partial charge in [-0.15, -0.1) is 11.8 Å². The van der Waals surface area contributed by atoms with E-state index in [2.05, 4.69) is 50.4 Å². The molecule has 0 bridgehead atoms. The summed E-state index contributed by atoms with van der Waals surface area (Å²) < 4.78 is 0. The van der Waals surface area contributed by atoms with Gasteiger partial charge in [0.15, 0.2) is 0 Å². The third-order valence-corrected chi connectivity index (χ3v) is 4.02. The monoisotopic (exact) mass is 251 g/mol. The number of hydrogen-bond donors (Lipinski definition) is 1. The van der Waals surface area contributed by atoms with Crippen LogP contribution >= 0.6 is 11.8 Å². The average Bonchev–Trinajstić information content (AvgIpc) is 2.33. The van der Waals surface area contributed by atoms with Crippen molar-refractivity contribution in [3.8, 4) is 0 Å². The van der Waals surface area contributed by atoms with Crippen LogP contribution in [0.25, 0.3) is 0 Å². The molecule has 0 radical (unpaired) electrons. The second kappa shape index (κ2) is 8.60. The Morgan fingerprint density at radius 2 is 2.12 bits per heavy atom. The largest absolute Gasteiger partial charge is 0.314 e. The summed E-state index contributed by atoms with van der Waals surface area (Å²) in [6, 6.07) is 9.48. The van der Waals surface area contributed by atoms with E-state index in [4.69, 9.17) is 0 Å². The standard InChI is InChI=1S/C15H25NS/c1-4-14(16-5-2)9-7-11-17-15-10-6-8-13(3)12-15/h6,8,10,12,14,16H,4-5,7,9,11H2,1-3H3. The Bertz CT molecular complexity index is 312. The number of hydrogen-bond acceptors (Lipinski definition) is 2. The van der Waals surface area contributed by atoms with Gasteiger partial charge in [-0.3, -0.25) is 0 Å². The Balaban J connectivity index is 2.19. The van der Waals surface area contributed by atoms with Crippen molar-refractivity contribution in [2.24, 2.45) is 0 Å². The fourth-order valence-corrected chi connectivity index (χ4v) is 2.95. The molecule has 1 N–H and O–H groups in total. The molecule has 0 heterocycles.